The van der Waals surface area contributed by atoms with Crippen molar-refractivity contribution < 1.29 is 33.3 Å². The molecule has 4 nitrogen and oxygen atoms in total. The Bertz CT molecular complexity index is 557. The molecule has 2 heterocycles. The molecule has 0 bridgehead atoms. The lowest BCUT2D eigenvalue weighted by molar-refractivity contribution is -0.671. The molecule has 0 aliphatic rings. The van der Waals surface area contributed by atoms with E-state index in [1.807, 2.05) is 42.2 Å². The lowest BCUT2D eigenvalue weighted by Gasteiger charge is -1.98. The number of ether oxygens (including phenoxy) is 1. The summed E-state index contributed by atoms with van der Waals surface area (Å²) in [5, 5.41) is 0. The quantitative estimate of drug-likeness (QED) is 0.298. The van der Waals surface area contributed by atoms with E-state index in [1.54, 1.807) is 6.26 Å². The first kappa shape index (κ1) is 17.0. The lowest BCUT2D eigenvalue weighted by atomic mass is 10.2. The Kier molecular flexibility index (Phi) is 7.68. The highest BCUT2D eigenvalue weighted by atomic mass is 127. The summed E-state index contributed by atoms with van der Waals surface area (Å²) < 4.78 is 16.0. The van der Waals surface area contributed by atoms with Crippen LogP contribution in [0.15, 0.2) is 36.9 Å². The minimum Gasteiger partial charge on any atom is -1.00 e. The number of aromatic nitrogens is 3. The van der Waals surface area contributed by atoms with Gasteiger partial charge in [-0.2, -0.15) is 4.37 Å². The standard InChI is InChI=1S/C14H18N3OS.HI/c1-3-4-5-6-10-18-14-13(15-19-16-14)12-8-7-9-17(2)11-12;/h6-11H,3-5H2,1-2H3;1H/q+1;/p-1. The van der Waals surface area contributed by atoms with Crippen LogP contribution in [0.3, 0.4) is 0 Å². The number of halogens is 1. The maximum Gasteiger partial charge on any atom is 0.259 e. The summed E-state index contributed by atoms with van der Waals surface area (Å²) >= 11 is 1.17. The highest BCUT2D eigenvalue weighted by Crippen LogP contribution is 2.26. The Morgan fingerprint density at radius 1 is 1.40 bits per heavy atom. The van der Waals surface area contributed by atoms with Gasteiger partial charge in [-0.3, -0.25) is 0 Å². The van der Waals surface area contributed by atoms with E-state index in [2.05, 4.69) is 15.7 Å². The topological polar surface area (TPSA) is 38.9 Å². The maximum atomic E-state index is 5.56. The fourth-order valence-corrected chi connectivity index (χ4v) is 2.17. The monoisotopic (exact) mass is 403 g/mol. The van der Waals surface area contributed by atoms with Gasteiger partial charge in [-0.15, -0.1) is 4.37 Å². The SMILES string of the molecule is CCCCC=COc1nsnc1-c1ccc[n+](C)c1.[I-]. The van der Waals surface area contributed by atoms with Crippen LogP contribution < -0.4 is 33.3 Å². The van der Waals surface area contributed by atoms with Gasteiger partial charge in [0.05, 0.1) is 23.6 Å². The number of hydrogen-bond acceptors (Lipinski definition) is 4. The smallest absolute Gasteiger partial charge is 0.259 e. The van der Waals surface area contributed by atoms with Crippen LogP contribution in [0.4, 0.5) is 0 Å². The number of rotatable bonds is 6. The summed E-state index contributed by atoms with van der Waals surface area (Å²) in [4.78, 5) is 0. The van der Waals surface area contributed by atoms with Crippen molar-refractivity contribution in [2.24, 2.45) is 7.05 Å². The molecule has 0 aliphatic heterocycles. The van der Waals surface area contributed by atoms with Crippen molar-refractivity contribution in [3.63, 3.8) is 0 Å². The van der Waals surface area contributed by atoms with Crippen molar-refractivity contribution in [3.05, 3.63) is 36.9 Å². The Hall–Kier alpha value is -1.02. The average molecular weight is 403 g/mol. The zero-order chi connectivity index (χ0) is 13.5. The fraction of sp³-hybridized carbons (Fsp3) is 0.357. The lowest BCUT2D eigenvalue weighted by Crippen LogP contribution is -3.00. The molecule has 2 aromatic rings. The molecule has 0 radical (unpaired) electrons. The zero-order valence-electron chi connectivity index (χ0n) is 11.6. The zero-order valence-corrected chi connectivity index (χ0v) is 14.6. The van der Waals surface area contributed by atoms with Gasteiger partial charge < -0.3 is 28.7 Å². The summed E-state index contributed by atoms with van der Waals surface area (Å²) in [6.45, 7) is 2.17. The van der Waals surface area contributed by atoms with E-state index in [-0.39, 0.29) is 24.0 Å². The molecular weight excluding hydrogens is 385 g/mol. The minimum atomic E-state index is 0. The van der Waals surface area contributed by atoms with Crippen LogP contribution in [-0.2, 0) is 7.05 Å². The second kappa shape index (κ2) is 9.02. The molecule has 6 heteroatoms. The predicted octanol–water partition coefficient (Wildman–Crippen LogP) is 0.116. The molecule has 2 aromatic heterocycles. The van der Waals surface area contributed by atoms with Gasteiger partial charge in [-0.25, -0.2) is 4.57 Å². The van der Waals surface area contributed by atoms with E-state index in [4.69, 9.17) is 4.74 Å². The molecule has 20 heavy (non-hydrogen) atoms. The molecule has 108 valence electrons. The van der Waals surface area contributed by atoms with Gasteiger partial charge in [-0.05, 0) is 25.0 Å². The number of nitrogens with zero attached hydrogens (tertiary/aromatic N) is 3. The van der Waals surface area contributed by atoms with E-state index < -0.39 is 0 Å². The van der Waals surface area contributed by atoms with Gasteiger partial charge in [0.25, 0.3) is 5.88 Å². The number of allylic oxidation sites excluding steroid dienone is 1. The molecule has 0 aliphatic carbocycles. The van der Waals surface area contributed by atoms with Gasteiger partial charge in [0.1, 0.15) is 7.05 Å². The third-order valence-corrected chi connectivity index (χ3v) is 3.18. The summed E-state index contributed by atoms with van der Waals surface area (Å²) in [6.07, 6.45) is 11.1. The molecule has 0 fully saturated rings. The van der Waals surface area contributed by atoms with E-state index >= 15 is 0 Å². The summed E-state index contributed by atoms with van der Waals surface area (Å²) in [7, 11) is 1.98. The van der Waals surface area contributed by atoms with Crippen LogP contribution in [0.2, 0.25) is 0 Å². The third-order valence-electron chi connectivity index (χ3n) is 2.67. The Morgan fingerprint density at radius 3 is 3.00 bits per heavy atom. The molecule has 0 spiro atoms. The van der Waals surface area contributed by atoms with Gasteiger partial charge in [0.2, 0.25) is 0 Å². The van der Waals surface area contributed by atoms with Crippen LogP contribution in [0.1, 0.15) is 26.2 Å². The van der Waals surface area contributed by atoms with Gasteiger partial charge in [0.15, 0.2) is 18.1 Å². The van der Waals surface area contributed by atoms with Crippen LogP contribution in [0.5, 0.6) is 5.88 Å². The molecular formula is C14H18IN3OS. The van der Waals surface area contributed by atoms with Crippen LogP contribution in [-0.4, -0.2) is 8.75 Å². The van der Waals surface area contributed by atoms with Crippen LogP contribution in [0.25, 0.3) is 11.3 Å². The molecule has 0 aromatic carbocycles. The Morgan fingerprint density at radius 2 is 2.25 bits per heavy atom. The van der Waals surface area contributed by atoms with E-state index in [9.17, 15) is 0 Å². The first-order chi connectivity index (χ1) is 9.31. The number of pyridine rings is 1. The number of aryl methyl sites for hydroxylation is 1. The van der Waals surface area contributed by atoms with E-state index in [0.29, 0.717) is 5.88 Å². The second-order valence-corrected chi connectivity index (χ2v) is 4.84. The average Bonchev–Trinajstić information content (AvgIpc) is 2.87. The van der Waals surface area contributed by atoms with Gasteiger partial charge >= 0.3 is 0 Å². The Balaban J connectivity index is 0.00000200. The van der Waals surface area contributed by atoms with Gasteiger partial charge in [-0.1, -0.05) is 13.3 Å². The third kappa shape index (κ3) is 4.82. The molecule has 0 unspecified atom stereocenters. The molecule has 0 saturated heterocycles. The van der Waals surface area contributed by atoms with Crippen molar-refractivity contribution in [1.29, 1.82) is 0 Å². The van der Waals surface area contributed by atoms with Crippen LogP contribution >= 0.6 is 11.7 Å². The first-order valence-corrected chi connectivity index (χ1v) is 7.14. The highest BCUT2D eigenvalue weighted by molar-refractivity contribution is 6.99. The highest BCUT2D eigenvalue weighted by Gasteiger charge is 2.13. The van der Waals surface area contributed by atoms with Crippen molar-refractivity contribution in [3.8, 4) is 17.1 Å². The van der Waals surface area contributed by atoms with Gasteiger partial charge in [0, 0.05) is 6.07 Å². The molecule has 2 rings (SSSR count). The normalized spacial score (nSPS) is 10.5. The Labute approximate surface area is 140 Å². The summed E-state index contributed by atoms with van der Waals surface area (Å²) in [6, 6.07) is 3.99. The summed E-state index contributed by atoms with van der Waals surface area (Å²) in [5.41, 5.74) is 1.80. The van der Waals surface area contributed by atoms with Crippen molar-refractivity contribution in [2.75, 3.05) is 0 Å². The fourth-order valence-electron chi connectivity index (χ4n) is 1.66. The van der Waals surface area contributed by atoms with Crippen LogP contribution in [0, 0.1) is 0 Å². The van der Waals surface area contributed by atoms with Crippen molar-refractivity contribution >= 4 is 11.7 Å². The largest absolute Gasteiger partial charge is 1.00 e. The minimum absolute atomic E-state index is 0. The second-order valence-electron chi connectivity index (χ2n) is 4.31. The predicted molar refractivity (Wildman–Crippen MR) is 75.8 cm³/mol. The van der Waals surface area contributed by atoms with E-state index in [0.717, 1.165) is 17.7 Å². The van der Waals surface area contributed by atoms with E-state index in [1.165, 1.54) is 24.6 Å². The molecule has 0 saturated carbocycles. The number of hydrogen-bond donors (Lipinski definition) is 0. The number of unbranched alkanes of at least 4 members (excludes halogenated alkanes) is 2. The molecule has 0 amide bonds. The molecule has 0 N–H and O–H groups in total. The maximum absolute atomic E-state index is 5.56. The summed E-state index contributed by atoms with van der Waals surface area (Å²) in [5.74, 6) is 0.573. The van der Waals surface area contributed by atoms with Crippen molar-refractivity contribution in [1.82, 2.24) is 8.75 Å². The molecule has 0 atom stereocenters. The van der Waals surface area contributed by atoms with Crippen molar-refractivity contribution in [2.45, 2.75) is 26.2 Å². The first-order valence-electron chi connectivity index (χ1n) is 6.41.